The molecule has 1 heterocycles. The van der Waals surface area contributed by atoms with Gasteiger partial charge < -0.3 is 9.69 Å². The lowest BCUT2D eigenvalue weighted by atomic mass is 9.95. The zero-order valence-corrected chi connectivity index (χ0v) is 13.4. The van der Waals surface area contributed by atoms with Gasteiger partial charge in [0.2, 0.25) is 0 Å². The molecule has 0 radical (unpaired) electrons. The second kappa shape index (κ2) is 6.35. The van der Waals surface area contributed by atoms with Gasteiger partial charge in [0.25, 0.3) is 0 Å². The summed E-state index contributed by atoms with van der Waals surface area (Å²) in [5.74, 6) is 0.252. The number of nitrogens with zero attached hydrogens (tertiary/aromatic N) is 1. The Hall–Kier alpha value is -2.09. The van der Waals surface area contributed by atoms with Crippen molar-refractivity contribution in [3.05, 3.63) is 53.6 Å². The number of fused-ring (bicyclic) bond motifs is 1. The number of aryl methyl sites for hydroxylation is 2. The van der Waals surface area contributed by atoms with Crippen LogP contribution in [0.25, 0.3) is 11.1 Å². The summed E-state index contributed by atoms with van der Waals surface area (Å²) in [4.78, 5) is 13.5. The van der Waals surface area contributed by atoms with Crippen LogP contribution in [-0.4, -0.2) is 19.4 Å². The molecule has 0 spiro atoms. The van der Waals surface area contributed by atoms with Gasteiger partial charge in [0, 0.05) is 25.7 Å². The number of anilines is 1. The van der Waals surface area contributed by atoms with Crippen LogP contribution < -0.4 is 4.90 Å². The van der Waals surface area contributed by atoms with Crippen molar-refractivity contribution in [3.8, 4) is 11.1 Å². The first-order valence-corrected chi connectivity index (χ1v) is 8.06. The summed E-state index contributed by atoms with van der Waals surface area (Å²) < 4.78 is 0. The van der Waals surface area contributed by atoms with E-state index in [0.29, 0.717) is 6.42 Å². The lowest BCUT2D eigenvalue weighted by molar-refractivity contribution is -0.116. The Morgan fingerprint density at radius 3 is 2.77 bits per heavy atom. The number of benzene rings is 2. The smallest absolute Gasteiger partial charge is 0.130 e. The van der Waals surface area contributed by atoms with Crippen LogP contribution in [-0.2, 0) is 17.6 Å². The molecule has 0 fully saturated rings. The first-order chi connectivity index (χ1) is 10.6. The van der Waals surface area contributed by atoms with E-state index in [9.17, 15) is 4.79 Å². The van der Waals surface area contributed by atoms with Crippen molar-refractivity contribution in [2.45, 2.75) is 32.6 Å². The summed E-state index contributed by atoms with van der Waals surface area (Å²) in [5, 5.41) is 0. The van der Waals surface area contributed by atoms with E-state index < -0.39 is 0 Å². The molecule has 0 saturated heterocycles. The highest BCUT2D eigenvalue weighted by molar-refractivity contribution is 5.76. The molecule has 1 aliphatic rings. The van der Waals surface area contributed by atoms with Crippen molar-refractivity contribution in [2.24, 2.45) is 0 Å². The van der Waals surface area contributed by atoms with E-state index in [0.717, 1.165) is 19.4 Å². The van der Waals surface area contributed by atoms with Gasteiger partial charge >= 0.3 is 0 Å². The number of hydrogen-bond acceptors (Lipinski definition) is 2. The fourth-order valence-corrected chi connectivity index (χ4v) is 3.19. The largest absolute Gasteiger partial charge is 0.374 e. The van der Waals surface area contributed by atoms with E-state index in [4.69, 9.17) is 0 Å². The minimum Gasteiger partial charge on any atom is -0.374 e. The Morgan fingerprint density at radius 1 is 1.14 bits per heavy atom. The molecule has 0 aromatic heterocycles. The van der Waals surface area contributed by atoms with Crippen molar-refractivity contribution < 1.29 is 4.79 Å². The average molecular weight is 293 g/mol. The van der Waals surface area contributed by atoms with Crippen molar-refractivity contribution in [1.29, 1.82) is 0 Å². The van der Waals surface area contributed by atoms with Gasteiger partial charge in [-0.15, -0.1) is 0 Å². The number of ketones is 1. The second-order valence-electron chi connectivity index (χ2n) is 6.27. The molecule has 2 aromatic rings. The number of Topliss-reactive ketones (excluding diaryl/α,β-unsaturated/α-hetero) is 1. The highest BCUT2D eigenvalue weighted by Crippen LogP contribution is 2.31. The van der Waals surface area contributed by atoms with Crippen molar-refractivity contribution >= 4 is 11.5 Å². The van der Waals surface area contributed by atoms with Crippen LogP contribution in [0.15, 0.2) is 42.5 Å². The van der Waals surface area contributed by atoms with Crippen LogP contribution in [0.2, 0.25) is 0 Å². The van der Waals surface area contributed by atoms with Crippen molar-refractivity contribution in [2.75, 3.05) is 18.5 Å². The van der Waals surface area contributed by atoms with Crippen LogP contribution >= 0.6 is 0 Å². The van der Waals surface area contributed by atoms with E-state index in [-0.39, 0.29) is 5.78 Å². The number of hydrogen-bond donors (Lipinski definition) is 0. The van der Waals surface area contributed by atoms with Crippen LogP contribution in [0.1, 0.15) is 30.9 Å². The number of carbonyl (C=O) groups excluding carboxylic acids is 1. The molecule has 2 heteroatoms. The van der Waals surface area contributed by atoms with E-state index in [2.05, 4.69) is 54.4 Å². The molecular weight excluding hydrogens is 270 g/mol. The maximum Gasteiger partial charge on any atom is 0.130 e. The minimum absolute atomic E-state index is 0.252. The fraction of sp³-hybridized carbons (Fsp3) is 0.350. The van der Waals surface area contributed by atoms with Crippen LogP contribution in [0, 0.1) is 0 Å². The van der Waals surface area contributed by atoms with E-state index in [1.165, 1.54) is 34.4 Å². The zero-order chi connectivity index (χ0) is 15.5. The zero-order valence-electron chi connectivity index (χ0n) is 13.4. The molecule has 1 aliphatic heterocycles. The van der Waals surface area contributed by atoms with Gasteiger partial charge in [-0.2, -0.15) is 0 Å². The summed E-state index contributed by atoms with van der Waals surface area (Å²) in [6, 6.07) is 15.4. The average Bonchev–Trinajstić information content (AvgIpc) is 2.53. The topological polar surface area (TPSA) is 20.3 Å². The first-order valence-electron chi connectivity index (χ1n) is 8.06. The Bertz CT molecular complexity index is 690. The van der Waals surface area contributed by atoms with Gasteiger partial charge in [-0.25, -0.2) is 0 Å². The van der Waals surface area contributed by atoms with Gasteiger partial charge in [0.15, 0.2) is 0 Å². The Labute approximate surface area is 132 Å². The van der Waals surface area contributed by atoms with Crippen LogP contribution in [0.4, 0.5) is 5.69 Å². The van der Waals surface area contributed by atoms with Crippen molar-refractivity contribution in [3.63, 3.8) is 0 Å². The molecular formula is C20H23NO. The molecule has 22 heavy (non-hydrogen) atoms. The Balaban J connectivity index is 1.88. The maximum absolute atomic E-state index is 11.2. The predicted octanol–water partition coefficient (Wildman–Crippen LogP) is 4.26. The monoisotopic (exact) mass is 293 g/mol. The third kappa shape index (κ3) is 3.22. The molecule has 0 bridgehead atoms. The Morgan fingerprint density at radius 2 is 1.95 bits per heavy atom. The second-order valence-corrected chi connectivity index (χ2v) is 6.27. The van der Waals surface area contributed by atoms with Gasteiger partial charge in [0.1, 0.15) is 5.78 Å². The summed E-state index contributed by atoms with van der Waals surface area (Å²) in [5.41, 5.74) is 6.57. The number of rotatable bonds is 4. The molecule has 3 rings (SSSR count). The third-order valence-corrected chi connectivity index (χ3v) is 4.46. The summed E-state index contributed by atoms with van der Waals surface area (Å²) >= 11 is 0. The van der Waals surface area contributed by atoms with E-state index >= 15 is 0 Å². The normalized spacial score (nSPS) is 13.8. The molecule has 0 unspecified atom stereocenters. The summed E-state index contributed by atoms with van der Waals surface area (Å²) in [6.45, 7) is 2.80. The first kappa shape index (κ1) is 14.8. The van der Waals surface area contributed by atoms with Gasteiger partial charge in [-0.3, -0.25) is 0 Å². The van der Waals surface area contributed by atoms with Gasteiger partial charge in [0.05, 0.1) is 0 Å². The van der Waals surface area contributed by atoms with E-state index in [1.54, 1.807) is 6.92 Å². The fourth-order valence-electron chi connectivity index (χ4n) is 3.19. The third-order valence-electron chi connectivity index (χ3n) is 4.46. The number of carbonyl (C=O) groups is 1. The van der Waals surface area contributed by atoms with Gasteiger partial charge in [-0.1, -0.05) is 30.3 Å². The molecule has 0 amide bonds. The maximum atomic E-state index is 11.2. The highest BCUT2D eigenvalue weighted by Gasteiger charge is 2.14. The molecule has 2 nitrogen and oxygen atoms in total. The lowest BCUT2D eigenvalue weighted by Crippen LogP contribution is -2.24. The predicted molar refractivity (Wildman–Crippen MR) is 92.5 cm³/mol. The Kier molecular flexibility index (Phi) is 4.28. The van der Waals surface area contributed by atoms with Gasteiger partial charge in [-0.05, 0) is 60.6 Å². The van der Waals surface area contributed by atoms with Crippen LogP contribution in [0.3, 0.4) is 0 Å². The summed E-state index contributed by atoms with van der Waals surface area (Å²) in [6.07, 6.45) is 3.85. The van der Waals surface area contributed by atoms with Crippen molar-refractivity contribution in [1.82, 2.24) is 0 Å². The molecule has 114 valence electrons. The SMILES string of the molecule is CC(=O)CCc1cccc(-c2ccc3c(c2)CCCN3C)c1. The highest BCUT2D eigenvalue weighted by atomic mass is 16.1. The summed E-state index contributed by atoms with van der Waals surface area (Å²) in [7, 11) is 2.17. The molecule has 0 saturated carbocycles. The molecule has 0 atom stereocenters. The standard InChI is InChI=1S/C20H23NO/c1-15(22)8-9-16-5-3-6-17(13-16)18-10-11-20-19(14-18)7-4-12-21(20)2/h3,5-6,10-11,13-14H,4,7-9,12H2,1-2H3. The molecule has 2 aromatic carbocycles. The van der Waals surface area contributed by atoms with E-state index in [1.807, 2.05) is 0 Å². The molecule has 0 N–H and O–H groups in total. The quantitative estimate of drug-likeness (QED) is 0.839. The molecule has 0 aliphatic carbocycles. The lowest BCUT2D eigenvalue weighted by Gasteiger charge is -2.27. The van der Waals surface area contributed by atoms with Crippen LogP contribution in [0.5, 0.6) is 0 Å². The minimum atomic E-state index is 0.252.